The van der Waals surface area contributed by atoms with Gasteiger partial charge in [0.05, 0.1) is 11.9 Å². The molecule has 4 aromatic rings. The van der Waals surface area contributed by atoms with Crippen molar-refractivity contribution in [3.8, 4) is 11.3 Å². The molecule has 30 heavy (non-hydrogen) atoms. The predicted molar refractivity (Wildman–Crippen MR) is 115 cm³/mol. The summed E-state index contributed by atoms with van der Waals surface area (Å²) in [6, 6.07) is 8.31. The smallest absolute Gasteiger partial charge is 0.228 e. The zero-order chi connectivity index (χ0) is 20.7. The van der Waals surface area contributed by atoms with E-state index in [0.29, 0.717) is 39.2 Å². The molecule has 5 rings (SSSR count). The fourth-order valence-electron chi connectivity index (χ4n) is 4.06. The predicted octanol–water partition coefficient (Wildman–Crippen LogP) is 4.60. The number of rotatable bonds is 3. The van der Waals surface area contributed by atoms with Crippen LogP contribution in [-0.4, -0.2) is 37.8 Å². The van der Waals surface area contributed by atoms with E-state index in [1.54, 1.807) is 18.3 Å². The molecule has 1 unspecified atom stereocenters. The van der Waals surface area contributed by atoms with Crippen LogP contribution in [-0.2, 0) is 7.05 Å². The van der Waals surface area contributed by atoms with Crippen LogP contribution in [0.15, 0.2) is 48.9 Å². The average Bonchev–Trinajstić information content (AvgIpc) is 3.20. The molecule has 0 amide bonds. The summed E-state index contributed by atoms with van der Waals surface area (Å²) in [5.74, 6) is 0.509. The van der Waals surface area contributed by atoms with Gasteiger partial charge < -0.3 is 4.90 Å². The summed E-state index contributed by atoms with van der Waals surface area (Å²) in [6.45, 7) is 1.63. The van der Waals surface area contributed by atoms with Crippen molar-refractivity contribution in [2.24, 2.45) is 7.05 Å². The van der Waals surface area contributed by atoms with E-state index in [4.69, 9.17) is 21.6 Å². The van der Waals surface area contributed by atoms with Gasteiger partial charge >= 0.3 is 0 Å². The Kier molecular flexibility index (Phi) is 4.83. The highest BCUT2D eigenvalue weighted by atomic mass is 35.5. The lowest BCUT2D eigenvalue weighted by Crippen LogP contribution is -2.35. The second-order valence-electron chi connectivity index (χ2n) is 7.60. The van der Waals surface area contributed by atoms with Crippen LogP contribution in [0.3, 0.4) is 0 Å². The summed E-state index contributed by atoms with van der Waals surface area (Å²) in [5.41, 5.74) is 2.68. The molecule has 0 N–H and O–H groups in total. The molecule has 1 fully saturated rings. The van der Waals surface area contributed by atoms with Crippen LogP contribution in [0.4, 0.5) is 10.3 Å². The number of aromatic nitrogens is 5. The summed E-state index contributed by atoms with van der Waals surface area (Å²) < 4.78 is 16.6. The molecule has 152 valence electrons. The molecule has 8 heteroatoms. The normalized spacial score (nSPS) is 16.9. The molecule has 1 aromatic carbocycles. The van der Waals surface area contributed by atoms with E-state index in [-0.39, 0.29) is 0 Å². The second kappa shape index (κ2) is 7.65. The molecule has 3 aromatic heterocycles. The van der Waals surface area contributed by atoms with E-state index in [1.165, 1.54) is 11.6 Å². The maximum atomic E-state index is 14.7. The Hall–Kier alpha value is -3.06. The first-order valence-electron chi connectivity index (χ1n) is 9.90. The SMILES string of the molecule is Cn1cc(C2CCCN(c3nc(-c4ccc(Cl)cc4F)c4cccnc4n3)C2)cn1. The summed E-state index contributed by atoms with van der Waals surface area (Å²) in [6.07, 6.45) is 7.78. The van der Waals surface area contributed by atoms with Gasteiger partial charge in [-0.25, -0.2) is 14.4 Å². The van der Waals surface area contributed by atoms with Crippen LogP contribution in [0, 0.1) is 5.82 Å². The van der Waals surface area contributed by atoms with Gasteiger partial charge in [0.25, 0.3) is 0 Å². The molecule has 4 heterocycles. The highest BCUT2D eigenvalue weighted by Gasteiger charge is 2.25. The van der Waals surface area contributed by atoms with Crippen molar-refractivity contribution in [1.29, 1.82) is 0 Å². The molecular weight excluding hydrogens is 403 g/mol. The molecule has 1 aliphatic rings. The van der Waals surface area contributed by atoms with Gasteiger partial charge in [0.2, 0.25) is 5.95 Å². The van der Waals surface area contributed by atoms with Crippen LogP contribution < -0.4 is 4.90 Å². The Balaban J connectivity index is 1.58. The maximum Gasteiger partial charge on any atom is 0.228 e. The van der Waals surface area contributed by atoms with Crippen LogP contribution in [0.25, 0.3) is 22.3 Å². The van der Waals surface area contributed by atoms with Gasteiger partial charge in [-0.15, -0.1) is 0 Å². The molecule has 0 saturated carbocycles. The Bertz CT molecular complexity index is 1220. The third kappa shape index (κ3) is 3.50. The van der Waals surface area contributed by atoms with Crippen molar-refractivity contribution in [2.75, 3.05) is 18.0 Å². The number of hydrogen-bond donors (Lipinski definition) is 0. The number of benzene rings is 1. The molecule has 0 spiro atoms. The van der Waals surface area contributed by atoms with Gasteiger partial charge in [0, 0.05) is 54.4 Å². The zero-order valence-electron chi connectivity index (χ0n) is 16.5. The van der Waals surface area contributed by atoms with E-state index in [0.717, 1.165) is 25.9 Å². The minimum Gasteiger partial charge on any atom is -0.340 e. The van der Waals surface area contributed by atoms with Gasteiger partial charge in [-0.1, -0.05) is 11.6 Å². The number of nitrogens with zero attached hydrogens (tertiary/aromatic N) is 6. The number of aryl methyl sites for hydroxylation is 1. The Morgan fingerprint density at radius 1 is 1.20 bits per heavy atom. The minimum atomic E-state index is -0.413. The number of piperidine rings is 1. The molecule has 0 aliphatic carbocycles. The number of hydrogen-bond acceptors (Lipinski definition) is 5. The van der Waals surface area contributed by atoms with Crippen molar-refractivity contribution < 1.29 is 4.39 Å². The first kappa shape index (κ1) is 18.9. The van der Waals surface area contributed by atoms with E-state index < -0.39 is 5.82 Å². The van der Waals surface area contributed by atoms with Crippen molar-refractivity contribution in [3.63, 3.8) is 0 Å². The molecule has 6 nitrogen and oxygen atoms in total. The van der Waals surface area contributed by atoms with Gasteiger partial charge in [0.1, 0.15) is 5.82 Å². The molecule has 0 radical (unpaired) electrons. The van der Waals surface area contributed by atoms with E-state index in [9.17, 15) is 4.39 Å². The molecule has 0 bridgehead atoms. The van der Waals surface area contributed by atoms with E-state index in [1.807, 2.05) is 30.1 Å². The fraction of sp³-hybridized carbons (Fsp3) is 0.273. The molecular formula is C22H20ClFN6. The first-order valence-corrected chi connectivity index (χ1v) is 10.3. The van der Waals surface area contributed by atoms with E-state index in [2.05, 4.69) is 21.2 Å². The lowest BCUT2D eigenvalue weighted by Gasteiger charge is -2.32. The Morgan fingerprint density at radius 3 is 2.90 bits per heavy atom. The topological polar surface area (TPSA) is 59.7 Å². The van der Waals surface area contributed by atoms with Crippen LogP contribution in [0.1, 0.15) is 24.3 Å². The quantitative estimate of drug-likeness (QED) is 0.483. The standard InChI is InChI=1S/C22H20ClFN6/c1-29-12-15(11-26-29)14-4-3-9-30(13-14)22-27-20(17-7-6-16(23)10-19(17)24)18-5-2-8-25-21(18)28-22/h2,5-8,10-12,14H,3-4,9,13H2,1H3. The zero-order valence-corrected chi connectivity index (χ0v) is 17.2. The fourth-order valence-corrected chi connectivity index (χ4v) is 4.22. The maximum absolute atomic E-state index is 14.7. The summed E-state index contributed by atoms with van der Waals surface area (Å²) in [5, 5.41) is 5.37. The van der Waals surface area contributed by atoms with Crippen LogP contribution in [0.2, 0.25) is 5.02 Å². The monoisotopic (exact) mass is 422 g/mol. The van der Waals surface area contributed by atoms with Gasteiger partial charge in [-0.2, -0.15) is 10.1 Å². The Labute approximate surface area is 178 Å². The highest BCUT2D eigenvalue weighted by molar-refractivity contribution is 6.30. The first-order chi connectivity index (χ1) is 14.6. The summed E-state index contributed by atoms with van der Waals surface area (Å²) in [4.78, 5) is 16.1. The van der Waals surface area contributed by atoms with Crippen LogP contribution >= 0.6 is 11.6 Å². The van der Waals surface area contributed by atoms with E-state index >= 15 is 0 Å². The Morgan fingerprint density at radius 2 is 2.10 bits per heavy atom. The molecule has 1 saturated heterocycles. The molecule has 1 aliphatic heterocycles. The van der Waals surface area contributed by atoms with Crippen molar-refractivity contribution >= 4 is 28.6 Å². The second-order valence-corrected chi connectivity index (χ2v) is 8.04. The number of halogens is 2. The number of anilines is 1. The average molecular weight is 423 g/mol. The van der Waals surface area contributed by atoms with Crippen molar-refractivity contribution in [3.05, 3.63) is 65.3 Å². The summed E-state index contributed by atoms with van der Waals surface area (Å²) in [7, 11) is 1.93. The van der Waals surface area contributed by atoms with Gasteiger partial charge in [-0.05, 0) is 48.7 Å². The van der Waals surface area contributed by atoms with Gasteiger partial charge in [0.15, 0.2) is 5.65 Å². The lowest BCUT2D eigenvalue weighted by molar-refractivity contribution is 0.504. The van der Waals surface area contributed by atoms with Crippen molar-refractivity contribution in [1.82, 2.24) is 24.7 Å². The molecule has 1 atom stereocenters. The van der Waals surface area contributed by atoms with Gasteiger partial charge in [-0.3, -0.25) is 4.68 Å². The number of pyridine rings is 1. The minimum absolute atomic E-state index is 0.350. The largest absolute Gasteiger partial charge is 0.340 e. The lowest BCUT2D eigenvalue weighted by atomic mass is 9.93. The summed E-state index contributed by atoms with van der Waals surface area (Å²) >= 11 is 5.95. The third-order valence-corrected chi connectivity index (χ3v) is 5.78. The highest BCUT2D eigenvalue weighted by Crippen LogP contribution is 2.33. The third-order valence-electron chi connectivity index (χ3n) is 5.55. The number of fused-ring (bicyclic) bond motifs is 1. The van der Waals surface area contributed by atoms with Crippen molar-refractivity contribution in [2.45, 2.75) is 18.8 Å². The van der Waals surface area contributed by atoms with Crippen LogP contribution in [0.5, 0.6) is 0 Å².